The van der Waals surface area contributed by atoms with Gasteiger partial charge in [0.15, 0.2) is 0 Å². The van der Waals surface area contributed by atoms with E-state index in [-0.39, 0.29) is 11.9 Å². The van der Waals surface area contributed by atoms with Crippen LogP contribution >= 0.6 is 0 Å². The molecule has 2 rings (SSSR count). The number of hydrogen-bond donors (Lipinski definition) is 2. The smallest absolute Gasteiger partial charge is 0.236 e. The van der Waals surface area contributed by atoms with E-state index >= 15 is 0 Å². The zero-order valence-corrected chi connectivity index (χ0v) is 10.1. The van der Waals surface area contributed by atoms with Crippen molar-refractivity contribution in [2.75, 3.05) is 19.6 Å². The van der Waals surface area contributed by atoms with E-state index < -0.39 is 0 Å². The van der Waals surface area contributed by atoms with Crippen molar-refractivity contribution in [1.29, 1.82) is 0 Å². The Labute approximate surface area is 97.6 Å². The maximum atomic E-state index is 11.5. The van der Waals surface area contributed by atoms with Crippen molar-refractivity contribution in [2.45, 2.75) is 44.7 Å². The van der Waals surface area contributed by atoms with Crippen LogP contribution in [0.15, 0.2) is 0 Å². The van der Waals surface area contributed by atoms with Crippen molar-refractivity contribution < 1.29 is 4.79 Å². The van der Waals surface area contributed by atoms with E-state index in [0.29, 0.717) is 12.3 Å². The Balaban J connectivity index is 1.65. The molecule has 0 bridgehead atoms. The van der Waals surface area contributed by atoms with Crippen molar-refractivity contribution in [3.8, 4) is 0 Å². The molecule has 2 aliphatic rings. The molecule has 4 nitrogen and oxygen atoms in total. The normalized spacial score (nSPS) is 28.0. The Hall–Kier alpha value is -0.610. The summed E-state index contributed by atoms with van der Waals surface area (Å²) in [4.78, 5) is 14.1. The molecule has 0 aromatic carbocycles. The number of hydrogen-bond acceptors (Lipinski definition) is 3. The molecule has 1 saturated heterocycles. The lowest BCUT2D eigenvalue weighted by Gasteiger charge is -2.16. The highest BCUT2D eigenvalue weighted by atomic mass is 16.2. The van der Waals surface area contributed by atoms with Gasteiger partial charge in [-0.15, -0.1) is 0 Å². The second kappa shape index (κ2) is 5.15. The fourth-order valence-corrected chi connectivity index (χ4v) is 2.36. The summed E-state index contributed by atoms with van der Waals surface area (Å²) in [5, 5.41) is 2.96. The predicted molar refractivity (Wildman–Crippen MR) is 64.0 cm³/mol. The van der Waals surface area contributed by atoms with Crippen molar-refractivity contribution in [1.82, 2.24) is 10.2 Å². The Morgan fingerprint density at radius 3 is 2.88 bits per heavy atom. The van der Waals surface area contributed by atoms with Crippen LogP contribution in [0.1, 0.15) is 32.6 Å². The molecule has 0 spiro atoms. The largest absolute Gasteiger partial charge is 0.354 e. The number of likely N-dealkylation sites (tertiary alicyclic amines) is 1. The van der Waals surface area contributed by atoms with E-state index in [1.54, 1.807) is 0 Å². The summed E-state index contributed by atoms with van der Waals surface area (Å²) in [5.41, 5.74) is 5.66. The number of rotatable bonds is 5. The molecule has 3 N–H and O–H groups in total. The van der Waals surface area contributed by atoms with Gasteiger partial charge in [-0.2, -0.15) is 0 Å². The molecule has 2 fully saturated rings. The van der Waals surface area contributed by atoms with Crippen LogP contribution in [0, 0.1) is 5.92 Å². The molecule has 16 heavy (non-hydrogen) atoms. The average Bonchev–Trinajstić information content (AvgIpc) is 3.05. The van der Waals surface area contributed by atoms with Crippen LogP contribution in [0.3, 0.4) is 0 Å². The van der Waals surface area contributed by atoms with Gasteiger partial charge >= 0.3 is 0 Å². The third kappa shape index (κ3) is 2.95. The quantitative estimate of drug-likeness (QED) is 0.708. The minimum Gasteiger partial charge on any atom is -0.354 e. The molecule has 1 aliphatic heterocycles. The van der Waals surface area contributed by atoms with Crippen LogP contribution < -0.4 is 11.1 Å². The van der Waals surface area contributed by atoms with Gasteiger partial charge in [0, 0.05) is 19.1 Å². The molecule has 1 unspecified atom stereocenters. The van der Waals surface area contributed by atoms with E-state index in [1.165, 1.54) is 25.8 Å². The van der Waals surface area contributed by atoms with Crippen LogP contribution in [0.25, 0.3) is 0 Å². The van der Waals surface area contributed by atoms with Gasteiger partial charge in [-0.1, -0.05) is 6.92 Å². The first-order valence-electron chi connectivity index (χ1n) is 6.48. The summed E-state index contributed by atoms with van der Waals surface area (Å²) in [7, 11) is 0. The average molecular weight is 225 g/mol. The monoisotopic (exact) mass is 225 g/mol. The van der Waals surface area contributed by atoms with Crippen molar-refractivity contribution in [3.05, 3.63) is 0 Å². The highest BCUT2D eigenvalue weighted by molar-refractivity contribution is 5.81. The van der Waals surface area contributed by atoms with Crippen LogP contribution in [0.5, 0.6) is 0 Å². The van der Waals surface area contributed by atoms with Gasteiger partial charge in [-0.05, 0) is 38.1 Å². The maximum absolute atomic E-state index is 11.5. The number of carbonyl (C=O) groups is 1. The van der Waals surface area contributed by atoms with Crippen LogP contribution in [0.4, 0.5) is 0 Å². The zero-order chi connectivity index (χ0) is 11.5. The molecular formula is C12H23N3O. The van der Waals surface area contributed by atoms with Crippen LogP contribution in [-0.2, 0) is 4.79 Å². The maximum Gasteiger partial charge on any atom is 0.236 e. The summed E-state index contributed by atoms with van der Waals surface area (Å²) in [6, 6.07) is 0.527. The summed E-state index contributed by atoms with van der Waals surface area (Å²) in [5.74, 6) is 0.640. The van der Waals surface area contributed by atoms with E-state index in [0.717, 1.165) is 19.1 Å². The fourth-order valence-electron chi connectivity index (χ4n) is 2.36. The lowest BCUT2D eigenvalue weighted by atomic mass is 10.1. The summed E-state index contributed by atoms with van der Waals surface area (Å²) >= 11 is 0. The third-order valence-electron chi connectivity index (χ3n) is 3.72. The highest BCUT2D eigenvalue weighted by Crippen LogP contribution is 2.31. The molecule has 1 aliphatic carbocycles. The second-order valence-corrected chi connectivity index (χ2v) is 5.14. The first-order valence-corrected chi connectivity index (χ1v) is 6.48. The molecule has 4 heteroatoms. The number of nitrogens with zero attached hydrogens (tertiary/aromatic N) is 1. The predicted octanol–water partition coefficient (Wildman–Crippen LogP) is 0.324. The molecule has 92 valence electrons. The Morgan fingerprint density at radius 2 is 2.25 bits per heavy atom. The molecule has 0 aromatic heterocycles. The van der Waals surface area contributed by atoms with E-state index in [2.05, 4.69) is 10.2 Å². The van der Waals surface area contributed by atoms with Gasteiger partial charge in [0.25, 0.3) is 0 Å². The van der Waals surface area contributed by atoms with Gasteiger partial charge in [0.05, 0.1) is 6.04 Å². The Kier molecular flexibility index (Phi) is 3.82. The SMILES string of the molecule is CC[C@H](N)C(=O)NCC1CCN(C2CC2)C1. The van der Waals surface area contributed by atoms with Crippen LogP contribution in [-0.4, -0.2) is 42.5 Å². The van der Waals surface area contributed by atoms with Gasteiger partial charge in [0.1, 0.15) is 0 Å². The topological polar surface area (TPSA) is 58.4 Å². The van der Waals surface area contributed by atoms with Gasteiger partial charge in [-0.3, -0.25) is 4.79 Å². The lowest BCUT2D eigenvalue weighted by Crippen LogP contribution is -2.42. The summed E-state index contributed by atoms with van der Waals surface area (Å²) in [6.45, 7) is 5.11. The van der Waals surface area contributed by atoms with Crippen molar-refractivity contribution in [3.63, 3.8) is 0 Å². The molecule has 1 saturated carbocycles. The fraction of sp³-hybridized carbons (Fsp3) is 0.917. The van der Waals surface area contributed by atoms with Crippen LogP contribution in [0.2, 0.25) is 0 Å². The van der Waals surface area contributed by atoms with Crippen molar-refractivity contribution in [2.24, 2.45) is 11.7 Å². The summed E-state index contributed by atoms with van der Waals surface area (Å²) in [6.07, 6.45) is 4.68. The van der Waals surface area contributed by atoms with E-state index in [4.69, 9.17) is 5.73 Å². The minimum atomic E-state index is -0.332. The van der Waals surface area contributed by atoms with Gasteiger partial charge < -0.3 is 16.0 Å². The van der Waals surface area contributed by atoms with Crippen molar-refractivity contribution >= 4 is 5.91 Å². The number of carbonyl (C=O) groups excluding carboxylic acids is 1. The zero-order valence-electron chi connectivity index (χ0n) is 10.1. The molecule has 0 radical (unpaired) electrons. The molecule has 0 aromatic rings. The highest BCUT2D eigenvalue weighted by Gasteiger charge is 2.34. The molecule has 2 atom stereocenters. The van der Waals surface area contributed by atoms with E-state index in [9.17, 15) is 4.79 Å². The minimum absolute atomic E-state index is 0.00683. The lowest BCUT2D eigenvalue weighted by molar-refractivity contribution is -0.122. The number of amides is 1. The Bertz CT molecular complexity index is 253. The number of nitrogens with two attached hydrogens (primary N) is 1. The molecule has 1 amide bonds. The number of nitrogens with one attached hydrogen (secondary N) is 1. The second-order valence-electron chi connectivity index (χ2n) is 5.14. The van der Waals surface area contributed by atoms with Gasteiger partial charge in [-0.25, -0.2) is 0 Å². The third-order valence-corrected chi connectivity index (χ3v) is 3.72. The Morgan fingerprint density at radius 1 is 1.50 bits per heavy atom. The standard InChI is InChI=1S/C12H23N3O/c1-2-11(13)12(16)14-7-9-5-6-15(8-9)10-3-4-10/h9-11H,2-8,13H2,1H3,(H,14,16)/t9?,11-/m0/s1. The summed E-state index contributed by atoms with van der Waals surface area (Å²) < 4.78 is 0. The first-order chi connectivity index (χ1) is 7.70. The van der Waals surface area contributed by atoms with Gasteiger partial charge in [0.2, 0.25) is 5.91 Å². The van der Waals surface area contributed by atoms with E-state index in [1.807, 2.05) is 6.92 Å². The first kappa shape index (κ1) is 11.9. The molecule has 1 heterocycles. The molecular weight excluding hydrogens is 202 g/mol.